The Bertz CT molecular complexity index is 669. The van der Waals surface area contributed by atoms with E-state index < -0.39 is 17.5 Å². The van der Waals surface area contributed by atoms with E-state index in [0.29, 0.717) is 10.2 Å². The zero-order valence-electron chi connectivity index (χ0n) is 9.88. The number of anilines is 2. The number of carbonyl (C=O) groups is 1. The van der Waals surface area contributed by atoms with Gasteiger partial charge in [0, 0.05) is 8.95 Å². The van der Waals surface area contributed by atoms with Gasteiger partial charge in [-0.25, -0.2) is 8.78 Å². The number of benzene rings is 2. The molecule has 0 radical (unpaired) electrons. The summed E-state index contributed by atoms with van der Waals surface area (Å²) in [5, 5.41) is 2.45. The smallest absolute Gasteiger partial charge is 0.258 e. The van der Waals surface area contributed by atoms with Crippen LogP contribution in [0.2, 0.25) is 0 Å². The molecule has 20 heavy (non-hydrogen) atoms. The van der Waals surface area contributed by atoms with Gasteiger partial charge in [0.15, 0.2) is 11.6 Å². The lowest BCUT2D eigenvalue weighted by molar-refractivity contribution is 0.102. The fourth-order valence-corrected chi connectivity index (χ4v) is 2.94. The lowest BCUT2D eigenvalue weighted by Crippen LogP contribution is -2.16. The number of nitrogens with two attached hydrogens (primary N) is 1. The van der Waals surface area contributed by atoms with Crippen molar-refractivity contribution in [2.75, 3.05) is 11.1 Å². The number of halogens is 4. The van der Waals surface area contributed by atoms with Gasteiger partial charge in [-0.2, -0.15) is 0 Å². The third-order valence-electron chi connectivity index (χ3n) is 2.52. The van der Waals surface area contributed by atoms with Crippen molar-refractivity contribution in [3.05, 3.63) is 56.5 Å². The van der Waals surface area contributed by atoms with Crippen molar-refractivity contribution in [2.24, 2.45) is 0 Å². The molecule has 0 heterocycles. The van der Waals surface area contributed by atoms with Gasteiger partial charge in [-0.15, -0.1) is 0 Å². The molecule has 3 nitrogen and oxygen atoms in total. The highest BCUT2D eigenvalue weighted by Crippen LogP contribution is 2.33. The normalized spacial score (nSPS) is 10.4. The molecule has 0 spiro atoms. The maximum atomic E-state index is 13.5. The van der Waals surface area contributed by atoms with Crippen LogP contribution < -0.4 is 11.1 Å². The van der Waals surface area contributed by atoms with Crippen LogP contribution >= 0.6 is 31.9 Å². The Kier molecular flexibility index (Phi) is 4.39. The van der Waals surface area contributed by atoms with E-state index in [1.807, 2.05) is 0 Å². The van der Waals surface area contributed by atoms with Crippen molar-refractivity contribution in [1.82, 2.24) is 0 Å². The van der Waals surface area contributed by atoms with E-state index in [1.165, 1.54) is 12.1 Å². The molecule has 0 aliphatic heterocycles. The van der Waals surface area contributed by atoms with Gasteiger partial charge >= 0.3 is 0 Å². The minimum absolute atomic E-state index is 0.288. The molecular weight excluding hydrogens is 398 g/mol. The van der Waals surface area contributed by atoms with Gasteiger partial charge < -0.3 is 11.1 Å². The van der Waals surface area contributed by atoms with E-state index in [-0.39, 0.29) is 11.3 Å². The highest BCUT2D eigenvalue weighted by molar-refractivity contribution is 9.11. The van der Waals surface area contributed by atoms with E-state index in [2.05, 4.69) is 37.2 Å². The molecule has 0 unspecified atom stereocenters. The summed E-state index contributed by atoms with van der Waals surface area (Å²) >= 11 is 6.49. The van der Waals surface area contributed by atoms with Gasteiger partial charge in [0.25, 0.3) is 5.91 Å². The zero-order valence-corrected chi connectivity index (χ0v) is 13.1. The number of hydrogen-bond acceptors (Lipinski definition) is 2. The second-order valence-corrected chi connectivity index (χ2v) is 5.68. The summed E-state index contributed by atoms with van der Waals surface area (Å²) in [5.74, 6) is -3.06. The molecule has 0 aromatic heterocycles. The Morgan fingerprint density at radius 1 is 1.20 bits per heavy atom. The highest BCUT2D eigenvalue weighted by Gasteiger charge is 2.17. The van der Waals surface area contributed by atoms with Crippen molar-refractivity contribution in [3.8, 4) is 0 Å². The topological polar surface area (TPSA) is 55.1 Å². The summed E-state index contributed by atoms with van der Waals surface area (Å²) < 4.78 is 27.9. The van der Waals surface area contributed by atoms with Crippen molar-refractivity contribution < 1.29 is 13.6 Å². The average Bonchev–Trinajstić information content (AvgIpc) is 2.36. The lowest BCUT2D eigenvalue weighted by Gasteiger charge is -2.11. The van der Waals surface area contributed by atoms with Crippen molar-refractivity contribution in [2.45, 2.75) is 0 Å². The van der Waals surface area contributed by atoms with E-state index >= 15 is 0 Å². The molecule has 0 atom stereocenters. The highest BCUT2D eigenvalue weighted by atomic mass is 79.9. The zero-order chi connectivity index (χ0) is 14.9. The Balaban J connectivity index is 2.36. The maximum Gasteiger partial charge on any atom is 0.258 e. The summed E-state index contributed by atoms with van der Waals surface area (Å²) in [4.78, 5) is 12.0. The first kappa shape index (κ1) is 14.9. The van der Waals surface area contributed by atoms with Crippen LogP contribution in [0.3, 0.4) is 0 Å². The van der Waals surface area contributed by atoms with Crippen LogP contribution in [0, 0.1) is 11.6 Å². The SMILES string of the molecule is Nc1cc(Br)cc(Br)c1NC(=O)c1cccc(F)c1F. The van der Waals surface area contributed by atoms with Crippen molar-refractivity contribution in [1.29, 1.82) is 0 Å². The van der Waals surface area contributed by atoms with Gasteiger partial charge in [-0.3, -0.25) is 4.79 Å². The molecule has 3 N–H and O–H groups in total. The molecule has 0 aliphatic rings. The van der Waals surface area contributed by atoms with Gasteiger partial charge in [0.05, 0.1) is 16.9 Å². The Morgan fingerprint density at radius 2 is 1.90 bits per heavy atom. The first-order chi connectivity index (χ1) is 9.40. The number of amides is 1. The third kappa shape index (κ3) is 2.99. The number of carbonyl (C=O) groups excluding carboxylic acids is 1. The number of rotatable bonds is 2. The summed E-state index contributed by atoms with van der Waals surface area (Å²) in [6, 6.07) is 6.65. The minimum atomic E-state index is -1.20. The van der Waals surface area contributed by atoms with Crippen molar-refractivity contribution >= 4 is 49.1 Å². The molecule has 7 heteroatoms. The fraction of sp³-hybridized carbons (Fsp3) is 0. The molecule has 2 rings (SSSR count). The first-order valence-corrected chi connectivity index (χ1v) is 6.98. The molecule has 2 aromatic rings. The third-order valence-corrected chi connectivity index (χ3v) is 3.60. The fourth-order valence-electron chi connectivity index (χ4n) is 1.59. The monoisotopic (exact) mass is 404 g/mol. The second-order valence-electron chi connectivity index (χ2n) is 3.91. The Hall–Kier alpha value is -1.47. The molecule has 0 saturated carbocycles. The Morgan fingerprint density at radius 3 is 2.55 bits per heavy atom. The predicted molar refractivity (Wildman–Crippen MR) is 80.6 cm³/mol. The van der Waals surface area contributed by atoms with Crippen molar-refractivity contribution in [3.63, 3.8) is 0 Å². The van der Waals surface area contributed by atoms with Crippen LogP contribution in [0.5, 0.6) is 0 Å². The number of nitrogen functional groups attached to an aromatic ring is 1. The molecule has 2 aromatic carbocycles. The summed E-state index contributed by atoms with van der Waals surface area (Å²) in [5.41, 5.74) is 5.97. The van der Waals surface area contributed by atoms with Gasteiger partial charge in [-0.05, 0) is 40.2 Å². The van der Waals surface area contributed by atoms with Crippen LogP contribution in [0.1, 0.15) is 10.4 Å². The quantitative estimate of drug-likeness (QED) is 0.731. The lowest BCUT2D eigenvalue weighted by atomic mass is 10.2. The predicted octanol–water partition coefficient (Wildman–Crippen LogP) is 4.32. The van der Waals surface area contributed by atoms with Gasteiger partial charge in [0.1, 0.15) is 0 Å². The van der Waals surface area contributed by atoms with E-state index in [9.17, 15) is 13.6 Å². The second kappa shape index (κ2) is 5.88. The van der Waals surface area contributed by atoms with Crippen LogP contribution in [-0.2, 0) is 0 Å². The standard InChI is InChI=1S/C13H8Br2F2N2O/c14-6-4-8(15)12(10(18)5-6)19-13(20)7-2-1-3-9(16)11(7)17/h1-5H,18H2,(H,19,20). The molecule has 0 aliphatic carbocycles. The summed E-state index contributed by atoms with van der Waals surface area (Å²) in [7, 11) is 0. The van der Waals surface area contributed by atoms with Gasteiger partial charge in [0.2, 0.25) is 0 Å². The molecule has 104 valence electrons. The molecule has 0 bridgehead atoms. The van der Waals surface area contributed by atoms with E-state index in [4.69, 9.17) is 5.73 Å². The number of hydrogen-bond donors (Lipinski definition) is 2. The minimum Gasteiger partial charge on any atom is -0.397 e. The van der Waals surface area contributed by atoms with Crippen LogP contribution in [0.4, 0.5) is 20.2 Å². The maximum absolute atomic E-state index is 13.5. The molecule has 0 fully saturated rings. The van der Waals surface area contributed by atoms with E-state index in [1.54, 1.807) is 12.1 Å². The van der Waals surface area contributed by atoms with Crippen LogP contribution in [0.25, 0.3) is 0 Å². The van der Waals surface area contributed by atoms with E-state index in [0.717, 1.165) is 10.5 Å². The van der Waals surface area contributed by atoms with Crippen LogP contribution in [0.15, 0.2) is 39.3 Å². The summed E-state index contributed by atoms with van der Waals surface area (Å²) in [6.45, 7) is 0. The van der Waals surface area contributed by atoms with Gasteiger partial charge in [-0.1, -0.05) is 22.0 Å². The first-order valence-electron chi connectivity index (χ1n) is 5.40. The van der Waals surface area contributed by atoms with Crippen LogP contribution in [-0.4, -0.2) is 5.91 Å². The molecular formula is C13H8Br2F2N2O. The average molecular weight is 406 g/mol. The summed E-state index contributed by atoms with van der Waals surface area (Å²) in [6.07, 6.45) is 0. The largest absolute Gasteiger partial charge is 0.397 e. The molecule has 0 saturated heterocycles. The number of nitrogens with one attached hydrogen (secondary N) is 1. The molecule has 1 amide bonds. The Labute approximate surface area is 130 Å².